The predicted octanol–water partition coefficient (Wildman–Crippen LogP) is 1.83. The topological polar surface area (TPSA) is 134 Å². The average Bonchev–Trinajstić information content (AvgIpc) is 3.43. The molecule has 2 aromatic rings. The van der Waals surface area contributed by atoms with E-state index in [1.165, 1.54) is 0 Å². The van der Waals surface area contributed by atoms with Crippen molar-refractivity contribution >= 4 is 38.9 Å². The average molecular weight is 530 g/mol. The Morgan fingerprint density at radius 2 is 1.92 bits per heavy atom. The number of hydrogen-bond acceptors (Lipinski definition) is 9. The van der Waals surface area contributed by atoms with Gasteiger partial charge in [0.05, 0.1) is 22.8 Å². The molecule has 6 bridgehead atoms. The summed E-state index contributed by atoms with van der Waals surface area (Å²) in [7, 11) is -1.51. The summed E-state index contributed by atoms with van der Waals surface area (Å²) in [5.41, 5.74) is 7.07. The molecule has 3 fully saturated rings. The maximum atomic E-state index is 14.8. The van der Waals surface area contributed by atoms with Gasteiger partial charge in [0.25, 0.3) is 0 Å². The molecule has 37 heavy (non-hydrogen) atoms. The van der Waals surface area contributed by atoms with E-state index >= 15 is 0 Å². The third-order valence-corrected chi connectivity index (χ3v) is 10.4. The third-order valence-electron chi connectivity index (χ3n) is 8.65. The quantitative estimate of drug-likeness (QED) is 0.533. The Labute approximate surface area is 215 Å². The summed E-state index contributed by atoms with van der Waals surface area (Å²) >= 11 is 0. The summed E-state index contributed by atoms with van der Waals surface area (Å²) in [6.45, 7) is 3.34. The van der Waals surface area contributed by atoms with E-state index in [0.29, 0.717) is 12.1 Å². The van der Waals surface area contributed by atoms with Crippen molar-refractivity contribution in [3.05, 3.63) is 30.2 Å². The van der Waals surface area contributed by atoms with Gasteiger partial charge in [0.15, 0.2) is 21.5 Å². The van der Waals surface area contributed by atoms with E-state index in [4.69, 9.17) is 5.73 Å². The minimum atomic E-state index is -3.58. The number of amides is 1. The first-order chi connectivity index (χ1) is 17.7. The van der Waals surface area contributed by atoms with E-state index in [9.17, 15) is 17.6 Å². The van der Waals surface area contributed by atoms with Gasteiger partial charge in [-0.3, -0.25) is 4.79 Å². The van der Waals surface area contributed by atoms with Crippen LogP contribution in [0.3, 0.4) is 0 Å². The molecule has 5 atom stereocenters. The van der Waals surface area contributed by atoms with Crippen molar-refractivity contribution in [2.24, 2.45) is 29.4 Å². The molecular weight excluding hydrogens is 497 g/mol. The number of halogens is 1. The number of piperazine rings is 1. The molecule has 2 saturated carbocycles. The predicted molar refractivity (Wildman–Crippen MR) is 138 cm³/mol. The van der Waals surface area contributed by atoms with Gasteiger partial charge >= 0.3 is 0 Å². The maximum absolute atomic E-state index is 14.8. The Morgan fingerprint density at radius 3 is 2.68 bits per heavy atom. The third kappa shape index (κ3) is 4.50. The number of fused-ring (bicyclic) bond motifs is 5. The summed E-state index contributed by atoms with van der Waals surface area (Å²) in [6, 6.07) is 4.84. The number of carbonyl (C=O) groups excluding carboxylic acids is 1. The van der Waals surface area contributed by atoms with E-state index < -0.39 is 33.5 Å². The van der Waals surface area contributed by atoms with Crippen LogP contribution in [0.15, 0.2) is 29.3 Å². The Hall–Kier alpha value is -2.99. The highest BCUT2D eigenvalue weighted by atomic mass is 32.2. The summed E-state index contributed by atoms with van der Waals surface area (Å²) in [5, 5.41) is 6.24. The lowest BCUT2D eigenvalue weighted by atomic mass is 9.77. The highest BCUT2D eigenvalue weighted by molar-refractivity contribution is 7.91. The molecule has 0 radical (unpaired) electrons. The van der Waals surface area contributed by atoms with Crippen molar-refractivity contribution in [3.63, 3.8) is 0 Å². The molecule has 6 rings (SSSR count). The van der Waals surface area contributed by atoms with Crippen LogP contribution in [0, 0.1) is 29.5 Å². The number of nitrogens with two attached hydrogens (primary N) is 1. The molecule has 1 saturated heterocycles. The molecule has 10 nitrogen and oxygen atoms in total. The molecule has 3 heterocycles. The summed E-state index contributed by atoms with van der Waals surface area (Å²) in [4.78, 5) is 25.4. The van der Waals surface area contributed by atoms with Crippen molar-refractivity contribution in [2.75, 3.05) is 54.5 Å². The first-order valence-electron chi connectivity index (χ1n) is 12.8. The standard InChI is InChI=1S/C25H32FN7O3S/c1-32-3-5-33(6-4-32)17-10-16-11-18(12-17)37(35,36)7-2-14-8-15-9-19(14)22(21(15)23(27)34)30-24-20(26)13-28-25(29-16)31-24/h10-15,19,21-22H,2-9H2,1H3,(H2,27,34)(H2,28,29,30,31)/t14-,15+,19-,21+,22-/m1/s1. The maximum Gasteiger partial charge on any atom is 0.229 e. The molecule has 0 unspecified atom stereocenters. The number of likely N-dealkylation sites (N-methyl/N-ethyl adjacent to an activating group) is 1. The van der Waals surface area contributed by atoms with E-state index in [1.807, 2.05) is 6.07 Å². The van der Waals surface area contributed by atoms with Gasteiger partial charge in [-0.2, -0.15) is 4.98 Å². The van der Waals surface area contributed by atoms with Crippen LogP contribution in [-0.4, -0.2) is 74.2 Å². The van der Waals surface area contributed by atoms with Crippen molar-refractivity contribution in [2.45, 2.75) is 30.2 Å². The first kappa shape index (κ1) is 24.4. The lowest BCUT2D eigenvalue weighted by molar-refractivity contribution is -0.123. The smallest absolute Gasteiger partial charge is 0.229 e. The number of nitrogens with zero attached hydrogens (tertiary/aromatic N) is 4. The second-order valence-electron chi connectivity index (χ2n) is 10.9. The summed E-state index contributed by atoms with van der Waals surface area (Å²) in [6.07, 6.45) is 3.07. The number of sulfone groups is 1. The van der Waals surface area contributed by atoms with Gasteiger partial charge in [-0.15, -0.1) is 0 Å². The number of primary amides is 1. The van der Waals surface area contributed by atoms with E-state index in [0.717, 1.165) is 50.9 Å². The zero-order valence-corrected chi connectivity index (χ0v) is 21.5. The van der Waals surface area contributed by atoms with Crippen LogP contribution in [0.5, 0.6) is 0 Å². The minimum absolute atomic E-state index is 0.0105. The van der Waals surface area contributed by atoms with Crippen molar-refractivity contribution in [3.8, 4) is 0 Å². The number of rotatable bonds is 2. The van der Waals surface area contributed by atoms with Gasteiger partial charge in [-0.05, 0) is 62.3 Å². The zero-order valence-electron chi connectivity index (χ0n) is 20.7. The molecule has 1 aromatic heterocycles. The van der Waals surface area contributed by atoms with Gasteiger partial charge in [0.1, 0.15) is 0 Å². The van der Waals surface area contributed by atoms with Crippen LogP contribution in [0.25, 0.3) is 0 Å². The van der Waals surface area contributed by atoms with Crippen LogP contribution in [0.4, 0.5) is 27.5 Å². The number of anilines is 4. The number of hydrogen-bond donors (Lipinski definition) is 3. The molecule has 4 aliphatic rings. The highest BCUT2D eigenvalue weighted by Crippen LogP contribution is 2.54. The summed E-state index contributed by atoms with van der Waals surface area (Å²) < 4.78 is 42.0. The molecule has 0 spiro atoms. The zero-order chi connectivity index (χ0) is 25.9. The number of aromatic nitrogens is 2. The van der Waals surface area contributed by atoms with Gasteiger partial charge in [-0.25, -0.2) is 17.8 Å². The van der Waals surface area contributed by atoms with Gasteiger partial charge < -0.3 is 26.2 Å². The van der Waals surface area contributed by atoms with Crippen LogP contribution >= 0.6 is 0 Å². The molecule has 1 aromatic carbocycles. The monoisotopic (exact) mass is 529 g/mol. The number of benzene rings is 1. The molecule has 4 N–H and O–H groups in total. The van der Waals surface area contributed by atoms with E-state index in [2.05, 4.69) is 37.4 Å². The number of carbonyl (C=O) groups is 1. The van der Waals surface area contributed by atoms with Crippen LogP contribution in [-0.2, 0) is 14.6 Å². The van der Waals surface area contributed by atoms with E-state index in [-0.39, 0.29) is 40.2 Å². The fourth-order valence-corrected chi connectivity index (χ4v) is 8.21. The molecule has 198 valence electrons. The highest BCUT2D eigenvalue weighted by Gasteiger charge is 2.55. The largest absolute Gasteiger partial charge is 0.369 e. The normalized spacial score (nSPS) is 30.8. The summed E-state index contributed by atoms with van der Waals surface area (Å²) in [5.74, 6) is -1.17. The SMILES string of the molecule is CN1CCN(c2cc3cc(c2)S(=O)(=O)CC[C@@H]2C[C@H]4C[C@H]2[C@@H](Nc2nc(ncc2F)N3)[C@H]4C(N)=O)CC1. The Bertz CT molecular complexity index is 1330. The first-order valence-corrected chi connectivity index (χ1v) is 14.5. The van der Waals surface area contributed by atoms with Gasteiger partial charge in [0.2, 0.25) is 11.9 Å². The van der Waals surface area contributed by atoms with E-state index in [1.54, 1.807) is 12.1 Å². The molecule has 2 aliphatic carbocycles. The van der Waals surface area contributed by atoms with Gasteiger partial charge in [-0.1, -0.05) is 0 Å². The lowest BCUT2D eigenvalue weighted by Crippen LogP contribution is -2.45. The Morgan fingerprint density at radius 1 is 1.14 bits per heavy atom. The second-order valence-corrected chi connectivity index (χ2v) is 13.0. The number of nitrogens with one attached hydrogen (secondary N) is 2. The fourth-order valence-electron chi connectivity index (χ4n) is 6.75. The fraction of sp³-hybridized carbons (Fsp3) is 0.560. The molecular formula is C25H32FN7O3S. The molecule has 12 heteroatoms. The van der Waals surface area contributed by atoms with Crippen molar-refractivity contribution in [1.29, 1.82) is 0 Å². The minimum Gasteiger partial charge on any atom is -0.369 e. The Balaban J connectivity index is 1.42. The Kier molecular flexibility index (Phi) is 5.98. The van der Waals surface area contributed by atoms with Crippen molar-refractivity contribution in [1.82, 2.24) is 14.9 Å². The van der Waals surface area contributed by atoms with Crippen LogP contribution in [0.1, 0.15) is 19.3 Å². The molecule has 1 amide bonds. The lowest BCUT2D eigenvalue weighted by Gasteiger charge is -2.35. The van der Waals surface area contributed by atoms with Crippen molar-refractivity contribution < 1.29 is 17.6 Å². The van der Waals surface area contributed by atoms with Crippen LogP contribution < -0.4 is 21.3 Å². The van der Waals surface area contributed by atoms with Gasteiger partial charge in [0, 0.05) is 43.6 Å². The second kappa shape index (κ2) is 9.09. The molecule has 2 aliphatic heterocycles. The van der Waals surface area contributed by atoms with Crippen LogP contribution in [0.2, 0.25) is 0 Å².